The Morgan fingerprint density at radius 3 is 2.29 bits per heavy atom. The Morgan fingerprint density at radius 2 is 1.57 bits per heavy atom. The molecule has 1 saturated heterocycles. The third-order valence-electron chi connectivity index (χ3n) is 5.09. The van der Waals surface area contributed by atoms with Crippen molar-refractivity contribution < 1.29 is 0 Å². The van der Waals surface area contributed by atoms with E-state index in [0.29, 0.717) is 12.5 Å². The average Bonchev–Trinajstić information content (AvgIpc) is 2.73. The first-order valence-corrected chi connectivity index (χ1v) is 9.64. The van der Waals surface area contributed by atoms with Crippen LogP contribution in [0.4, 0.5) is 17.6 Å². The summed E-state index contributed by atoms with van der Waals surface area (Å²) in [6, 6.07) is 21.0. The van der Waals surface area contributed by atoms with Crippen LogP contribution in [0.5, 0.6) is 0 Å². The molecule has 0 radical (unpaired) electrons. The third kappa shape index (κ3) is 4.40. The van der Waals surface area contributed by atoms with Crippen molar-refractivity contribution >= 4 is 17.6 Å². The predicted octanol–water partition coefficient (Wildman–Crippen LogP) is 3.09. The molecule has 2 aromatic carbocycles. The first-order valence-electron chi connectivity index (χ1n) is 9.64. The summed E-state index contributed by atoms with van der Waals surface area (Å²) in [5.41, 5.74) is 9.58. The first kappa shape index (κ1) is 18.3. The van der Waals surface area contributed by atoms with Crippen molar-refractivity contribution in [3.63, 3.8) is 0 Å². The van der Waals surface area contributed by atoms with E-state index in [9.17, 15) is 0 Å². The number of rotatable bonds is 5. The van der Waals surface area contributed by atoms with Gasteiger partial charge in [0.15, 0.2) is 0 Å². The molecule has 4 rings (SSSR count). The van der Waals surface area contributed by atoms with E-state index in [4.69, 9.17) is 5.73 Å². The van der Waals surface area contributed by atoms with Crippen molar-refractivity contribution in [3.05, 3.63) is 66.2 Å². The summed E-state index contributed by atoms with van der Waals surface area (Å²) >= 11 is 0. The second-order valence-electron chi connectivity index (χ2n) is 7.18. The SMILES string of the molecule is CN1CCN(c2cc(NCc3ccc(-c4ccccc4)cc3)nc(N)n2)CC1. The fraction of sp³-hybridized carbons (Fsp3) is 0.273. The van der Waals surface area contributed by atoms with Crippen LogP contribution < -0.4 is 16.0 Å². The lowest BCUT2D eigenvalue weighted by Gasteiger charge is -2.33. The number of anilines is 3. The second kappa shape index (κ2) is 8.27. The van der Waals surface area contributed by atoms with Gasteiger partial charge in [0.1, 0.15) is 11.6 Å². The monoisotopic (exact) mass is 374 g/mol. The Bertz CT molecular complexity index is 902. The fourth-order valence-electron chi connectivity index (χ4n) is 3.38. The van der Waals surface area contributed by atoms with Crippen LogP contribution in [0.25, 0.3) is 11.1 Å². The summed E-state index contributed by atoms with van der Waals surface area (Å²) in [7, 11) is 2.14. The molecule has 2 heterocycles. The molecule has 0 atom stereocenters. The molecular weight excluding hydrogens is 348 g/mol. The van der Waals surface area contributed by atoms with Crippen molar-refractivity contribution in [2.45, 2.75) is 6.54 Å². The van der Waals surface area contributed by atoms with Crippen molar-refractivity contribution in [1.82, 2.24) is 14.9 Å². The number of nitrogens with zero attached hydrogens (tertiary/aromatic N) is 4. The first-order chi connectivity index (χ1) is 13.7. The second-order valence-corrected chi connectivity index (χ2v) is 7.18. The zero-order valence-corrected chi connectivity index (χ0v) is 16.2. The smallest absolute Gasteiger partial charge is 0.223 e. The molecule has 1 aliphatic rings. The Hall–Kier alpha value is -3.12. The lowest BCUT2D eigenvalue weighted by molar-refractivity contribution is 0.312. The molecule has 0 saturated carbocycles. The minimum atomic E-state index is 0.304. The molecule has 28 heavy (non-hydrogen) atoms. The van der Waals surface area contributed by atoms with Gasteiger partial charge in [-0.1, -0.05) is 54.6 Å². The van der Waals surface area contributed by atoms with Gasteiger partial charge in [-0.25, -0.2) is 0 Å². The standard InChI is InChI=1S/C22H26N6/c1-27-11-13-28(14-12-27)21-15-20(25-22(23)26-21)24-16-17-7-9-19(10-8-17)18-5-3-2-4-6-18/h2-10,15H,11-14,16H2,1H3,(H3,23,24,25,26). The van der Waals surface area contributed by atoms with Crippen LogP contribution in [0.2, 0.25) is 0 Å². The van der Waals surface area contributed by atoms with E-state index in [1.165, 1.54) is 16.7 Å². The summed E-state index contributed by atoms with van der Waals surface area (Å²) in [4.78, 5) is 13.3. The number of hydrogen-bond acceptors (Lipinski definition) is 6. The zero-order chi connectivity index (χ0) is 19.3. The van der Waals surface area contributed by atoms with Crippen LogP contribution >= 0.6 is 0 Å². The highest BCUT2D eigenvalue weighted by molar-refractivity contribution is 5.63. The number of aromatic nitrogens is 2. The van der Waals surface area contributed by atoms with Gasteiger partial charge in [0.2, 0.25) is 5.95 Å². The Morgan fingerprint density at radius 1 is 0.893 bits per heavy atom. The van der Waals surface area contributed by atoms with Crippen LogP contribution in [-0.2, 0) is 6.54 Å². The van der Waals surface area contributed by atoms with Crippen LogP contribution in [0, 0.1) is 0 Å². The maximum atomic E-state index is 5.95. The number of piperazine rings is 1. The molecule has 0 unspecified atom stereocenters. The molecule has 3 aromatic rings. The van der Waals surface area contributed by atoms with Crippen molar-refractivity contribution in [2.24, 2.45) is 0 Å². The molecule has 1 aromatic heterocycles. The summed E-state index contributed by atoms with van der Waals surface area (Å²) in [6.07, 6.45) is 0. The maximum absolute atomic E-state index is 5.95. The van der Waals surface area contributed by atoms with Crippen LogP contribution in [0.1, 0.15) is 5.56 Å². The van der Waals surface area contributed by atoms with E-state index in [1.807, 2.05) is 12.1 Å². The highest BCUT2D eigenvalue weighted by Gasteiger charge is 2.16. The van der Waals surface area contributed by atoms with Gasteiger partial charge >= 0.3 is 0 Å². The minimum absolute atomic E-state index is 0.304. The molecule has 6 nitrogen and oxygen atoms in total. The van der Waals surface area contributed by atoms with Gasteiger partial charge in [-0.3, -0.25) is 0 Å². The number of hydrogen-bond donors (Lipinski definition) is 2. The topological polar surface area (TPSA) is 70.3 Å². The summed E-state index contributed by atoms with van der Waals surface area (Å²) in [5, 5.41) is 3.38. The molecule has 0 bridgehead atoms. The molecule has 0 aliphatic carbocycles. The molecule has 6 heteroatoms. The zero-order valence-electron chi connectivity index (χ0n) is 16.2. The normalized spacial score (nSPS) is 14.8. The fourth-order valence-corrected chi connectivity index (χ4v) is 3.38. The van der Waals surface area contributed by atoms with Crippen LogP contribution in [0.15, 0.2) is 60.7 Å². The summed E-state index contributed by atoms with van der Waals surface area (Å²) < 4.78 is 0. The largest absolute Gasteiger partial charge is 0.368 e. The summed E-state index contributed by atoms with van der Waals surface area (Å²) in [5.74, 6) is 1.95. The molecule has 1 aliphatic heterocycles. The number of likely N-dealkylation sites (N-methyl/N-ethyl adjacent to an activating group) is 1. The lowest BCUT2D eigenvalue weighted by Crippen LogP contribution is -2.44. The predicted molar refractivity (Wildman–Crippen MR) is 115 cm³/mol. The molecule has 144 valence electrons. The highest BCUT2D eigenvalue weighted by atomic mass is 15.3. The van der Waals surface area contributed by atoms with Gasteiger partial charge in [-0.05, 0) is 23.7 Å². The molecule has 1 fully saturated rings. The van der Waals surface area contributed by atoms with Crippen LogP contribution in [-0.4, -0.2) is 48.1 Å². The van der Waals surface area contributed by atoms with Gasteiger partial charge in [-0.2, -0.15) is 9.97 Å². The van der Waals surface area contributed by atoms with E-state index in [2.05, 4.69) is 80.7 Å². The van der Waals surface area contributed by atoms with Crippen LogP contribution in [0.3, 0.4) is 0 Å². The van der Waals surface area contributed by atoms with E-state index in [1.54, 1.807) is 0 Å². The quantitative estimate of drug-likeness (QED) is 0.715. The van der Waals surface area contributed by atoms with E-state index < -0.39 is 0 Å². The van der Waals surface area contributed by atoms with Gasteiger partial charge in [0.25, 0.3) is 0 Å². The van der Waals surface area contributed by atoms with Gasteiger partial charge < -0.3 is 20.9 Å². The number of nitrogens with two attached hydrogens (primary N) is 1. The Balaban J connectivity index is 1.42. The van der Waals surface area contributed by atoms with E-state index in [-0.39, 0.29) is 0 Å². The highest BCUT2D eigenvalue weighted by Crippen LogP contribution is 2.21. The minimum Gasteiger partial charge on any atom is -0.368 e. The molecular formula is C22H26N6. The summed E-state index contributed by atoms with van der Waals surface area (Å²) in [6.45, 7) is 4.65. The number of nitrogens with one attached hydrogen (secondary N) is 1. The van der Waals surface area contributed by atoms with Crippen molar-refractivity contribution in [3.8, 4) is 11.1 Å². The number of benzene rings is 2. The maximum Gasteiger partial charge on any atom is 0.223 e. The van der Waals surface area contributed by atoms with E-state index >= 15 is 0 Å². The van der Waals surface area contributed by atoms with Gasteiger partial charge in [0.05, 0.1) is 0 Å². The number of nitrogen functional groups attached to an aromatic ring is 1. The van der Waals surface area contributed by atoms with Crippen molar-refractivity contribution in [2.75, 3.05) is 49.2 Å². The van der Waals surface area contributed by atoms with E-state index in [0.717, 1.165) is 37.8 Å². The molecule has 3 N–H and O–H groups in total. The van der Waals surface area contributed by atoms with Crippen molar-refractivity contribution in [1.29, 1.82) is 0 Å². The third-order valence-corrected chi connectivity index (χ3v) is 5.09. The van der Waals surface area contributed by atoms with Gasteiger partial charge in [-0.15, -0.1) is 0 Å². The Kier molecular flexibility index (Phi) is 5.39. The average molecular weight is 374 g/mol. The molecule has 0 amide bonds. The van der Waals surface area contributed by atoms with Gasteiger partial charge in [0, 0.05) is 38.8 Å². The Labute approximate surface area is 166 Å². The molecule has 0 spiro atoms. The lowest BCUT2D eigenvalue weighted by atomic mass is 10.0.